The molecular formula is C7H14N2O. The van der Waals surface area contributed by atoms with Gasteiger partial charge in [0.1, 0.15) is 5.54 Å². The van der Waals surface area contributed by atoms with Crippen molar-refractivity contribution in [1.82, 2.24) is 0 Å². The first-order chi connectivity index (χ1) is 4.48. The number of nitrogens with two attached hydrogens (primary N) is 1. The summed E-state index contributed by atoms with van der Waals surface area (Å²) in [5.41, 5.74) is 4.64. The van der Waals surface area contributed by atoms with Gasteiger partial charge in [-0.15, -0.1) is 0 Å². The molecule has 0 spiro atoms. The van der Waals surface area contributed by atoms with Crippen molar-refractivity contribution in [3.8, 4) is 6.07 Å². The second-order valence-corrected chi connectivity index (χ2v) is 2.89. The van der Waals surface area contributed by atoms with Gasteiger partial charge in [0.05, 0.1) is 18.8 Å². The van der Waals surface area contributed by atoms with E-state index in [1.807, 2.05) is 19.9 Å². The van der Waals surface area contributed by atoms with Crippen molar-refractivity contribution in [3.05, 3.63) is 0 Å². The van der Waals surface area contributed by atoms with Crippen LogP contribution in [0.15, 0.2) is 0 Å². The highest BCUT2D eigenvalue weighted by Gasteiger charge is 2.17. The predicted molar refractivity (Wildman–Crippen MR) is 39.3 cm³/mol. The lowest BCUT2D eigenvalue weighted by Gasteiger charge is -2.16. The van der Waals surface area contributed by atoms with E-state index in [2.05, 4.69) is 0 Å². The van der Waals surface area contributed by atoms with Crippen molar-refractivity contribution < 1.29 is 4.74 Å². The van der Waals surface area contributed by atoms with E-state index < -0.39 is 5.54 Å². The van der Waals surface area contributed by atoms with Crippen LogP contribution in [0, 0.1) is 11.3 Å². The number of nitriles is 1. The van der Waals surface area contributed by atoms with Crippen molar-refractivity contribution in [2.24, 2.45) is 5.73 Å². The third-order valence-corrected chi connectivity index (χ3v) is 0.972. The van der Waals surface area contributed by atoms with Crippen molar-refractivity contribution in [1.29, 1.82) is 5.26 Å². The summed E-state index contributed by atoms with van der Waals surface area (Å²) in [6, 6.07) is 1.95. The molecule has 0 aliphatic rings. The molecule has 1 atom stereocenters. The Balaban J connectivity index is 3.60. The molecule has 2 N–H and O–H groups in total. The second-order valence-electron chi connectivity index (χ2n) is 2.89. The largest absolute Gasteiger partial charge is 0.376 e. The first-order valence-corrected chi connectivity index (χ1v) is 3.29. The Bertz CT molecular complexity index is 135. The van der Waals surface area contributed by atoms with E-state index in [9.17, 15) is 0 Å². The monoisotopic (exact) mass is 142 g/mol. The minimum atomic E-state index is -0.843. The molecule has 0 saturated heterocycles. The molecule has 0 bridgehead atoms. The Morgan fingerprint density at radius 1 is 1.70 bits per heavy atom. The maximum atomic E-state index is 8.45. The summed E-state index contributed by atoms with van der Waals surface area (Å²) < 4.78 is 5.15. The summed E-state index contributed by atoms with van der Waals surface area (Å²) in [6.07, 6.45) is 0.135. The summed E-state index contributed by atoms with van der Waals surface area (Å²) in [5, 5.41) is 8.45. The van der Waals surface area contributed by atoms with E-state index in [-0.39, 0.29) is 6.10 Å². The standard InChI is InChI=1S/C7H14N2O/c1-6(2)10-5-7(3,9)4-8/h6H,5,9H2,1-3H3. The van der Waals surface area contributed by atoms with Gasteiger partial charge in [-0.25, -0.2) is 0 Å². The molecule has 0 aromatic rings. The number of nitrogens with zero attached hydrogens (tertiary/aromatic N) is 1. The van der Waals surface area contributed by atoms with E-state index in [1.54, 1.807) is 6.92 Å². The van der Waals surface area contributed by atoms with Crippen LogP contribution in [0.5, 0.6) is 0 Å². The minimum Gasteiger partial charge on any atom is -0.376 e. The molecule has 10 heavy (non-hydrogen) atoms. The SMILES string of the molecule is CC(C)OCC(C)(N)C#N. The first kappa shape index (κ1) is 9.41. The third kappa shape index (κ3) is 4.30. The average molecular weight is 142 g/mol. The molecule has 0 saturated carbocycles. The van der Waals surface area contributed by atoms with Crippen LogP contribution in [0.2, 0.25) is 0 Å². The maximum Gasteiger partial charge on any atom is 0.125 e. The van der Waals surface area contributed by atoms with E-state index in [0.717, 1.165) is 0 Å². The van der Waals surface area contributed by atoms with Crippen molar-refractivity contribution in [2.75, 3.05) is 6.61 Å². The van der Waals surface area contributed by atoms with Gasteiger partial charge in [0, 0.05) is 0 Å². The van der Waals surface area contributed by atoms with Gasteiger partial charge in [0.15, 0.2) is 0 Å². The Labute approximate surface area is 61.8 Å². The summed E-state index contributed by atoms with van der Waals surface area (Å²) in [4.78, 5) is 0. The molecule has 3 heteroatoms. The van der Waals surface area contributed by atoms with Crippen molar-refractivity contribution >= 4 is 0 Å². The van der Waals surface area contributed by atoms with Crippen LogP contribution < -0.4 is 5.73 Å². The van der Waals surface area contributed by atoms with Crippen LogP contribution in [0.1, 0.15) is 20.8 Å². The van der Waals surface area contributed by atoms with Gasteiger partial charge in [-0.1, -0.05) is 0 Å². The zero-order valence-electron chi connectivity index (χ0n) is 6.72. The quantitative estimate of drug-likeness (QED) is 0.629. The lowest BCUT2D eigenvalue weighted by Crippen LogP contribution is -2.40. The van der Waals surface area contributed by atoms with Gasteiger partial charge in [-0.3, -0.25) is 0 Å². The molecule has 0 heterocycles. The van der Waals surface area contributed by atoms with Crippen molar-refractivity contribution in [2.45, 2.75) is 32.4 Å². The Morgan fingerprint density at radius 3 is 2.50 bits per heavy atom. The third-order valence-electron chi connectivity index (χ3n) is 0.972. The molecule has 0 aromatic carbocycles. The van der Waals surface area contributed by atoms with Gasteiger partial charge in [0.25, 0.3) is 0 Å². The molecule has 58 valence electrons. The fourth-order valence-electron chi connectivity index (χ4n) is 0.372. The van der Waals surface area contributed by atoms with E-state index >= 15 is 0 Å². The van der Waals surface area contributed by atoms with Crippen LogP contribution in [-0.2, 0) is 4.74 Å². The fraction of sp³-hybridized carbons (Fsp3) is 0.857. The van der Waals surface area contributed by atoms with Crippen LogP contribution in [0.25, 0.3) is 0 Å². The van der Waals surface area contributed by atoms with E-state index in [1.165, 1.54) is 0 Å². The topological polar surface area (TPSA) is 59.0 Å². The summed E-state index contributed by atoms with van der Waals surface area (Å²) in [5.74, 6) is 0. The van der Waals surface area contributed by atoms with Crippen LogP contribution >= 0.6 is 0 Å². The van der Waals surface area contributed by atoms with Gasteiger partial charge in [-0.05, 0) is 20.8 Å². The predicted octanol–water partition coefficient (Wildman–Crippen LogP) is 0.652. The smallest absolute Gasteiger partial charge is 0.125 e. The number of hydrogen-bond acceptors (Lipinski definition) is 3. The minimum absolute atomic E-state index is 0.135. The Morgan fingerprint density at radius 2 is 2.20 bits per heavy atom. The summed E-state index contributed by atoms with van der Waals surface area (Å²) >= 11 is 0. The molecule has 0 radical (unpaired) electrons. The van der Waals surface area contributed by atoms with Crippen LogP contribution in [0.4, 0.5) is 0 Å². The summed E-state index contributed by atoms with van der Waals surface area (Å²) in [7, 11) is 0. The molecule has 0 aliphatic heterocycles. The van der Waals surface area contributed by atoms with Crippen LogP contribution in [-0.4, -0.2) is 18.2 Å². The van der Waals surface area contributed by atoms with Crippen LogP contribution in [0.3, 0.4) is 0 Å². The van der Waals surface area contributed by atoms with E-state index in [0.29, 0.717) is 6.61 Å². The Kier molecular flexibility index (Phi) is 3.34. The molecule has 3 nitrogen and oxygen atoms in total. The maximum absolute atomic E-state index is 8.45. The molecule has 0 amide bonds. The molecule has 1 unspecified atom stereocenters. The van der Waals surface area contributed by atoms with E-state index in [4.69, 9.17) is 15.7 Å². The highest BCUT2D eigenvalue weighted by atomic mass is 16.5. The highest BCUT2D eigenvalue weighted by molar-refractivity contribution is 5.00. The fourth-order valence-corrected chi connectivity index (χ4v) is 0.372. The number of rotatable bonds is 3. The molecule has 0 fully saturated rings. The molecular weight excluding hydrogens is 128 g/mol. The average Bonchev–Trinajstić information content (AvgIpc) is 1.85. The molecule has 0 aliphatic carbocycles. The normalized spacial score (nSPS) is 16.4. The zero-order valence-corrected chi connectivity index (χ0v) is 6.72. The highest BCUT2D eigenvalue weighted by Crippen LogP contribution is 1.99. The number of ether oxygens (including phenoxy) is 1. The van der Waals surface area contributed by atoms with Gasteiger partial charge in [0.2, 0.25) is 0 Å². The Hall–Kier alpha value is -0.590. The lowest BCUT2D eigenvalue weighted by atomic mass is 10.1. The van der Waals surface area contributed by atoms with Gasteiger partial charge >= 0.3 is 0 Å². The first-order valence-electron chi connectivity index (χ1n) is 3.29. The summed E-state index contributed by atoms with van der Waals surface area (Å²) in [6.45, 7) is 5.76. The molecule has 0 aromatic heterocycles. The lowest BCUT2D eigenvalue weighted by molar-refractivity contribution is 0.0580. The number of hydrogen-bond donors (Lipinski definition) is 1. The van der Waals surface area contributed by atoms with Gasteiger partial charge < -0.3 is 10.5 Å². The van der Waals surface area contributed by atoms with Crippen molar-refractivity contribution in [3.63, 3.8) is 0 Å². The van der Waals surface area contributed by atoms with Gasteiger partial charge in [-0.2, -0.15) is 5.26 Å². The molecule has 0 rings (SSSR count). The zero-order chi connectivity index (χ0) is 8.20. The second kappa shape index (κ2) is 3.55.